The first-order chi connectivity index (χ1) is 11.2. The zero-order valence-corrected chi connectivity index (χ0v) is 14.5. The predicted octanol–water partition coefficient (Wildman–Crippen LogP) is 2.13. The molecule has 122 valence electrons. The Morgan fingerprint density at radius 1 is 1.30 bits per heavy atom. The highest BCUT2D eigenvalue weighted by Gasteiger charge is 2.17. The standard InChI is InChI=1S/C15H18N4O2S2/c1-18(12-5-3-2-4-6-12)13(20)11-22-15-17-16-14(23-15)19-7-9-21-10-8-19/h2-6H,7-11H2,1H3. The number of benzene rings is 1. The van der Waals surface area contributed by atoms with Crippen LogP contribution in [0.5, 0.6) is 0 Å². The fourth-order valence-corrected chi connectivity index (χ4v) is 3.97. The van der Waals surface area contributed by atoms with E-state index in [0.717, 1.165) is 41.5 Å². The van der Waals surface area contributed by atoms with Crippen molar-refractivity contribution in [2.75, 3.05) is 48.9 Å². The molecule has 8 heteroatoms. The van der Waals surface area contributed by atoms with Gasteiger partial charge in [0.15, 0.2) is 4.34 Å². The average molecular weight is 350 g/mol. The van der Waals surface area contributed by atoms with Gasteiger partial charge in [-0.25, -0.2) is 0 Å². The van der Waals surface area contributed by atoms with Crippen LogP contribution in [0.25, 0.3) is 0 Å². The van der Waals surface area contributed by atoms with E-state index in [9.17, 15) is 4.79 Å². The maximum absolute atomic E-state index is 12.3. The van der Waals surface area contributed by atoms with Crippen molar-refractivity contribution in [2.24, 2.45) is 0 Å². The van der Waals surface area contributed by atoms with Crippen molar-refractivity contribution >= 4 is 39.8 Å². The summed E-state index contributed by atoms with van der Waals surface area (Å²) in [5.74, 6) is 0.396. The number of anilines is 2. The van der Waals surface area contributed by atoms with Crippen molar-refractivity contribution in [3.8, 4) is 0 Å². The highest BCUT2D eigenvalue weighted by atomic mass is 32.2. The Bertz CT molecular complexity index is 644. The number of thioether (sulfide) groups is 1. The van der Waals surface area contributed by atoms with Crippen molar-refractivity contribution < 1.29 is 9.53 Å². The molecule has 2 aromatic rings. The number of morpholine rings is 1. The van der Waals surface area contributed by atoms with Crippen LogP contribution in [-0.2, 0) is 9.53 Å². The minimum absolute atomic E-state index is 0.0457. The summed E-state index contributed by atoms with van der Waals surface area (Å²) in [6, 6.07) is 9.62. The van der Waals surface area contributed by atoms with Crippen LogP contribution in [0.2, 0.25) is 0 Å². The fraction of sp³-hybridized carbons (Fsp3) is 0.400. The molecule has 0 saturated carbocycles. The van der Waals surface area contributed by atoms with Crippen LogP contribution >= 0.6 is 23.1 Å². The van der Waals surface area contributed by atoms with Gasteiger partial charge in [0.1, 0.15) is 0 Å². The topological polar surface area (TPSA) is 58.6 Å². The molecule has 0 unspecified atom stereocenters. The third-order valence-electron chi connectivity index (χ3n) is 3.51. The highest BCUT2D eigenvalue weighted by molar-refractivity contribution is 8.01. The van der Waals surface area contributed by atoms with Gasteiger partial charge < -0.3 is 14.5 Å². The van der Waals surface area contributed by atoms with Gasteiger partial charge >= 0.3 is 0 Å². The van der Waals surface area contributed by atoms with Crippen LogP contribution < -0.4 is 9.80 Å². The molecule has 0 aliphatic carbocycles. The zero-order valence-electron chi connectivity index (χ0n) is 12.8. The summed E-state index contributed by atoms with van der Waals surface area (Å²) in [5, 5.41) is 9.29. The number of hydrogen-bond donors (Lipinski definition) is 0. The summed E-state index contributed by atoms with van der Waals surface area (Å²) in [6.07, 6.45) is 0. The third kappa shape index (κ3) is 4.21. The lowest BCUT2D eigenvalue weighted by atomic mass is 10.3. The molecule has 3 rings (SSSR count). The first-order valence-corrected chi connectivity index (χ1v) is 9.15. The van der Waals surface area contributed by atoms with Gasteiger partial charge in [0.05, 0.1) is 19.0 Å². The average Bonchev–Trinajstić information content (AvgIpc) is 3.09. The van der Waals surface area contributed by atoms with Gasteiger partial charge in [-0.15, -0.1) is 10.2 Å². The first kappa shape index (κ1) is 16.2. The number of rotatable bonds is 5. The number of carbonyl (C=O) groups excluding carboxylic acids is 1. The van der Waals surface area contributed by atoms with E-state index in [4.69, 9.17) is 4.74 Å². The van der Waals surface area contributed by atoms with Crippen LogP contribution in [-0.4, -0.2) is 55.2 Å². The Hall–Kier alpha value is -1.64. The van der Waals surface area contributed by atoms with E-state index >= 15 is 0 Å². The molecule has 1 aromatic heterocycles. The summed E-state index contributed by atoms with van der Waals surface area (Å²) in [7, 11) is 1.79. The molecule has 23 heavy (non-hydrogen) atoms. The SMILES string of the molecule is CN(C(=O)CSc1nnc(N2CCOCC2)s1)c1ccccc1. The zero-order chi connectivity index (χ0) is 16.1. The summed E-state index contributed by atoms with van der Waals surface area (Å²) in [4.78, 5) is 16.1. The van der Waals surface area contributed by atoms with Crippen LogP contribution in [0.15, 0.2) is 34.7 Å². The van der Waals surface area contributed by atoms with Crippen molar-refractivity contribution in [3.63, 3.8) is 0 Å². The maximum Gasteiger partial charge on any atom is 0.237 e. The molecule has 1 fully saturated rings. The monoisotopic (exact) mass is 350 g/mol. The van der Waals surface area contributed by atoms with E-state index in [1.165, 1.54) is 23.1 Å². The lowest BCUT2D eigenvalue weighted by molar-refractivity contribution is -0.115. The third-order valence-corrected chi connectivity index (χ3v) is 5.62. The Labute approximate surface area is 143 Å². The molecule has 6 nitrogen and oxygen atoms in total. The molecule has 0 N–H and O–H groups in total. The van der Waals surface area contributed by atoms with E-state index in [0.29, 0.717) is 5.75 Å². The van der Waals surface area contributed by atoms with Gasteiger partial charge in [-0.1, -0.05) is 41.3 Å². The van der Waals surface area contributed by atoms with Crippen LogP contribution in [0.1, 0.15) is 0 Å². The van der Waals surface area contributed by atoms with Gasteiger partial charge in [0.2, 0.25) is 11.0 Å². The Morgan fingerprint density at radius 3 is 2.78 bits per heavy atom. The lowest BCUT2D eigenvalue weighted by Crippen LogP contribution is -2.36. The molecule has 1 amide bonds. The normalized spacial score (nSPS) is 14.7. The quantitative estimate of drug-likeness (QED) is 0.770. The molecule has 1 aliphatic heterocycles. The van der Waals surface area contributed by atoms with Crippen molar-refractivity contribution in [1.29, 1.82) is 0 Å². The first-order valence-electron chi connectivity index (χ1n) is 7.34. The minimum atomic E-state index is 0.0457. The molecule has 2 heterocycles. The number of amides is 1. The molecule has 1 aliphatic rings. The number of carbonyl (C=O) groups is 1. The summed E-state index contributed by atoms with van der Waals surface area (Å²) < 4.78 is 6.16. The van der Waals surface area contributed by atoms with Gasteiger partial charge in [0.25, 0.3) is 0 Å². The van der Waals surface area contributed by atoms with E-state index in [2.05, 4.69) is 15.1 Å². The summed E-state index contributed by atoms with van der Waals surface area (Å²) >= 11 is 2.96. The summed E-state index contributed by atoms with van der Waals surface area (Å²) in [6.45, 7) is 3.13. The molecule has 1 saturated heterocycles. The molecule has 0 bridgehead atoms. The smallest absolute Gasteiger partial charge is 0.237 e. The second-order valence-corrected chi connectivity index (χ2v) is 7.21. The highest BCUT2D eigenvalue weighted by Crippen LogP contribution is 2.28. The molecule has 0 radical (unpaired) electrons. The number of aromatic nitrogens is 2. The summed E-state index contributed by atoms with van der Waals surface area (Å²) in [5.41, 5.74) is 0.893. The largest absolute Gasteiger partial charge is 0.378 e. The second-order valence-electron chi connectivity index (χ2n) is 5.03. The van der Waals surface area contributed by atoms with Crippen LogP contribution in [0.3, 0.4) is 0 Å². The number of para-hydroxylation sites is 1. The number of nitrogens with zero attached hydrogens (tertiary/aromatic N) is 4. The van der Waals surface area contributed by atoms with Gasteiger partial charge in [-0.05, 0) is 12.1 Å². The van der Waals surface area contributed by atoms with Crippen molar-refractivity contribution in [1.82, 2.24) is 10.2 Å². The fourth-order valence-electron chi connectivity index (χ4n) is 2.16. The minimum Gasteiger partial charge on any atom is -0.378 e. The molecular weight excluding hydrogens is 332 g/mol. The van der Waals surface area contributed by atoms with E-state index in [1.807, 2.05) is 30.3 Å². The van der Waals surface area contributed by atoms with Crippen LogP contribution in [0, 0.1) is 0 Å². The lowest BCUT2D eigenvalue weighted by Gasteiger charge is -2.25. The van der Waals surface area contributed by atoms with Gasteiger partial charge in [0, 0.05) is 25.8 Å². The van der Waals surface area contributed by atoms with Crippen molar-refractivity contribution in [2.45, 2.75) is 4.34 Å². The van der Waals surface area contributed by atoms with Crippen molar-refractivity contribution in [3.05, 3.63) is 30.3 Å². The number of hydrogen-bond acceptors (Lipinski definition) is 7. The Morgan fingerprint density at radius 2 is 2.04 bits per heavy atom. The molecular formula is C15H18N4O2S2. The van der Waals surface area contributed by atoms with E-state index in [-0.39, 0.29) is 5.91 Å². The van der Waals surface area contributed by atoms with Gasteiger partial charge in [-0.3, -0.25) is 4.79 Å². The Balaban J connectivity index is 1.54. The predicted molar refractivity (Wildman–Crippen MR) is 93.5 cm³/mol. The molecule has 0 atom stereocenters. The maximum atomic E-state index is 12.3. The number of ether oxygens (including phenoxy) is 1. The molecule has 1 aromatic carbocycles. The Kier molecular flexibility index (Phi) is 5.47. The van der Waals surface area contributed by atoms with E-state index < -0.39 is 0 Å². The van der Waals surface area contributed by atoms with Gasteiger partial charge in [-0.2, -0.15) is 0 Å². The molecule has 0 spiro atoms. The second kappa shape index (κ2) is 7.76. The van der Waals surface area contributed by atoms with E-state index in [1.54, 1.807) is 11.9 Å². The van der Waals surface area contributed by atoms with Crippen LogP contribution in [0.4, 0.5) is 10.8 Å².